The van der Waals surface area contributed by atoms with Crippen molar-refractivity contribution in [2.75, 3.05) is 0 Å². The number of halogens is 1. The summed E-state index contributed by atoms with van der Waals surface area (Å²) in [4.78, 5) is 26.8. The van der Waals surface area contributed by atoms with Crippen LogP contribution in [0.25, 0.3) is 32.9 Å². The molecule has 6 heteroatoms. The maximum atomic E-state index is 14.9. The Kier molecular flexibility index (Phi) is 4.66. The average Bonchev–Trinajstić information content (AvgIpc) is 3.18. The fraction of sp³-hybridized carbons (Fsp3) is 0.0714. The molecule has 34 heavy (non-hydrogen) atoms. The molecule has 0 fully saturated rings. The molecule has 6 rings (SSSR count). The van der Waals surface area contributed by atoms with Gasteiger partial charge in [0, 0.05) is 23.1 Å². The summed E-state index contributed by atoms with van der Waals surface area (Å²) < 4.78 is 16.6. The van der Waals surface area contributed by atoms with Gasteiger partial charge in [-0.3, -0.25) is 9.59 Å². The second-order valence-electron chi connectivity index (χ2n) is 8.35. The summed E-state index contributed by atoms with van der Waals surface area (Å²) in [7, 11) is 0. The molecule has 166 valence electrons. The summed E-state index contributed by atoms with van der Waals surface area (Å²) in [5.41, 5.74) is 3.06. The molecule has 1 aliphatic heterocycles. The van der Waals surface area contributed by atoms with Gasteiger partial charge >= 0.3 is 0 Å². The third kappa shape index (κ3) is 3.15. The van der Waals surface area contributed by atoms with Gasteiger partial charge in [-0.25, -0.2) is 4.39 Å². The van der Waals surface area contributed by atoms with Crippen LogP contribution in [0.5, 0.6) is 0 Å². The molecule has 0 saturated heterocycles. The molecule has 1 aromatic heterocycles. The molecule has 1 aliphatic rings. The summed E-state index contributed by atoms with van der Waals surface area (Å²) in [6.45, 7) is 0.317. The van der Waals surface area contributed by atoms with Gasteiger partial charge in [0.2, 0.25) is 0 Å². The minimum absolute atomic E-state index is 0.317. The number of amides is 2. The number of benzene rings is 4. The van der Waals surface area contributed by atoms with E-state index in [9.17, 15) is 14.0 Å². The molecule has 1 unspecified atom stereocenters. The minimum atomic E-state index is -1.05. The highest BCUT2D eigenvalue weighted by Crippen LogP contribution is 2.35. The zero-order chi connectivity index (χ0) is 23.2. The lowest BCUT2D eigenvalue weighted by Crippen LogP contribution is -2.42. The number of carbonyl (C=O) groups excluding carboxylic acids is 2. The Morgan fingerprint density at radius 3 is 2.53 bits per heavy atom. The maximum Gasteiger partial charge on any atom is 0.264 e. The highest BCUT2D eigenvalue weighted by Gasteiger charge is 2.31. The Hall–Kier alpha value is -4.45. The van der Waals surface area contributed by atoms with Crippen LogP contribution < -0.4 is 10.6 Å². The van der Waals surface area contributed by atoms with E-state index in [1.165, 1.54) is 6.07 Å². The summed E-state index contributed by atoms with van der Waals surface area (Å²) in [5.74, 6) is -1.13. The molecule has 2 heterocycles. The first-order valence-corrected chi connectivity index (χ1v) is 11.1. The van der Waals surface area contributed by atoms with Crippen LogP contribution in [0.4, 0.5) is 4.39 Å². The molecule has 0 saturated carbocycles. The van der Waals surface area contributed by atoms with Crippen molar-refractivity contribution in [1.29, 1.82) is 0 Å². The molecule has 5 nitrogen and oxygen atoms in total. The summed E-state index contributed by atoms with van der Waals surface area (Å²) in [6.07, 6.45) is -1.05. The number of carbonyl (C=O) groups is 2. The number of nitrogens with zero attached hydrogens (tertiary/aromatic N) is 1. The SMILES string of the molecule is O=C(NC1C(=O)NCc2cccc3cc(-c4ccccc4F)n1c23)c1cccc2ccccc12. The van der Waals surface area contributed by atoms with E-state index in [-0.39, 0.29) is 11.8 Å². The number of hydrogen-bond donors (Lipinski definition) is 2. The van der Waals surface area contributed by atoms with E-state index >= 15 is 0 Å². The van der Waals surface area contributed by atoms with Gasteiger partial charge < -0.3 is 15.2 Å². The van der Waals surface area contributed by atoms with E-state index in [0.29, 0.717) is 23.4 Å². The van der Waals surface area contributed by atoms with E-state index in [2.05, 4.69) is 10.6 Å². The van der Waals surface area contributed by atoms with Crippen molar-refractivity contribution in [3.8, 4) is 11.3 Å². The smallest absolute Gasteiger partial charge is 0.264 e. The summed E-state index contributed by atoms with van der Waals surface area (Å²) in [5, 5.41) is 8.43. The van der Waals surface area contributed by atoms with Crippen LogP contribution in [0.1, 0.15) is 22.1 Å². The molecule has 0 bridgehead atoms. The molecular weight excluding hydrogens is 429 g/mol. The van der Waals surface area contributed by atoms with Crippen LogP contribution in [0, 0.1) is 5.82 Å². The fourth-order valence-corrected chi connectivity index (χ4v) is 4.80. The largest absolute Gasteiger partial charge is 0.348 e. The van der Waals surface area contributed by atoms with E-state index in [1.54, 1.807) is 28.8 Å². The van der Waals surface area contributed by atoms with Crippen LogP contribution in [0.15, 0.2) is 91.0 Å². The molecular formula is C28H20FN3O2. The predicted octanol–water partition coefficient (Wildman–Crippen LogP) is 5.16. The van der Waals surface area contributed by atoms with Gasteiger partial charge in [-0.1, -0.05) is 66.7 Å². The quantitative estimate of drug-likeness (QED) is 0.400. The van der Waals surface area contributed by atoms with Gasteiger partial charge in [0.1, 0.15) is 5.82 Å². The molecule has 2 N–H and O–H groups in total. The van der Waals surface area contributed by atoms with Crippen LogP contribution in [-0.2, 0) is 11.3 Å². The molecule has 1 atom stereocenters. The third-order valence-corrected chi connectivity index (χ3v) is 6.35. The van der Waals surface area contributed by atoms with E-state index in [1.807, 2.05) is 60.7 Å². The van der Waals surface area contributed by atoms with E-state index < -0.39 is 12.0 Å². The Morgan fingerprint density at radius 1 is 0.912 bits per heavy atom. The van der Waals surface area contributed by atoms with Gasteiger partial charge in [0.25, 0.3) is 11.8 Å². The third-order valence-electron chi connectivity index (χ3n) is 6.35. The van der Waals surface area contributed by atoms with Gasteiger partial charge in [-0.15, -0.1) is 0 Å². The second-order valence-corrected chi connectivity index (χ2v) is 8.35. The second kappa shape index (κ2) is 7.85. The van der Waals surface area contributed by atoms with Crippen molar-refractivity contribution < 1.29 is 14.0 Å². The van der Waals surface area contributed by atoms with Crippen LogP contribution in [-0.4, -0.2) is 16.4 Å². The molecule has 2 amide bonds. The zero-order valence-corrected chi connectivity index (χ0v) is 18.1. The lowest BCUT2D eigenvalue weighted by atomic mass is 10.0. The van der Waals surface area contributed by atoms with Crippen molar-refractivity contribution in [3.05, 3.63) is 108 Å². The first-order chi connectivity index (χ1) is 16.6. The van der Waals surface area contributed by atoms with E-state index in [4.69, 9.17) is 0 Å². The first kappa shape index (κ1) is 20.2. The Bertz CT molecular complexity index is 1600. The molecule has 4 aromatic carbocycles. The minimum Gasteiger partial charge on any atom is -0.348 e. The molecule has 5 aromatic rings. The van der Waals surface area contributed by atoms with Crippen molar-refractivity contribution in [1.82, 2.24) is 15.2 Å². The number of fused-ring (bicyclic) bond motifs is 1. The van der Waals surface area contributed by atoms with Crippen LogP contribution in [0.3, 0.4) is 0 Å². The lowest BCUT2D eigenvalue weighted by molar-refractivity contribution is -0.124. The van der Waals surface area contributed by atoms with Crippen molar-refractivity contribution in [3.63, 3.8) is 0 Å². The lowest BCUT2D eigenvalue weighted by Gasteiger charge is -2.22. The van der Waals surface area contributed by atoms with Gasteiger partial charge in [-0.05, 0) is 40.6 Å². The number of aromatic nitrogens is 1. The van der Waals surface area contributed by atoms with Gasteiger partial charge in [0.15, 0.2) is 6.17 Å². The fourth-order valence-electron chi connectivity index (χ4n) is 4.80. The summed E-state index contributed by atoms with van der Waals surface area (Å²) in [6, 6.07) is 27.2. The number of hydrogen-bond acceptors (Lipinski definition) is 2. The highest BCUT2D eigenvalue weighted by molar-refractivity contribution is 6.08. The summed E-state index contributed by atoms with van der Waals surface area (Å²) >= 11 is 0. The van der Waals surface area contributed by atoms with Crippen molar-refractivity contribution in [2.45, 2.75) is 12.7 Å². The Labute approximate surface area is 194 Å². The molecule has 0 spiro atoms. The van der Waals surface area contributed by atoms with Gasteiger partial charge in [0.05, 0.1) is 11.2 Å². The normalized spacial score (nSPS) is 15.2. The average molecular weight is 449 g/mol. The number of rotatable bonds is 3. The molecule has 0 radical (unpaired) electrons. The van der Waals surface area contributed by atoms with E-state index in [0.717, 1.165) is 27.2 Å². The first-order valence-electron chi connectivity index (χ1n) is 11.1. The highest BCUT2D eigenvalue weighted by atomic mass is 19.1. The monoisotopic (exact) mass is 449 g/mol. The number of nitrogens with one attached hydrogen (secondary N) is 2. The van der Waals surface area contributed by atoms with Crippen molar-refractivity contribution in [2.24, 2.45) is 0 Å². The standard InChI is InChI=1S/C28H20FN3O2/c29-23-14-4-3-12-22(23)24-15-18-9-5-10-19-16-30-28(34)26(32(24)25(18)19)31-27(33)21-13-6-8-17-7-1-2-11-20(17)21/h1-15,26H,16H2,(H,30,34)(H,31,33). The van der Waals surface area contributed by atoms with Crippen LogP contribution >= 0.6 is 0 Å². The zero-order valence-electron chi connectivity index (χ0n) is 18.1. The topological polar surface area (TPSA) is 63.1 Å². The van der Waals surface area contributed by atoms with Crippen molar-refractivity contribution >= 4 is 33.5 Å². The maximum absolute atomic E-state index is 14.9. The Morgan fingerprint density at radius 2 is 1.65 bits per heavy atom. The number of para-hydroxylation sites is 1. The molecule has 0 aliphatic carbocycles. The van der Waals surface area contributed by atoms with Gasteiger partial charge in [-0.2, -0.15) is 0 Å². The Balaban J connectivity index is 1.53. The predicted molar refractivity (Wildman–Crippen MR) is 130 cm³/mol. The van der Waals surface area contributed by atoms with Crippen LogP contribution in [0.2, 0.25) is 0 Å².